The molecule has 0 spiro atoms. The zero-order chi connectivity index (χ0) is 31.6. The Hall–Kier alpha value is -3.27. The summed E-state index contributed by atoms with van der Waals surface area (Å²) in [5, 5.41) is 8.14. The fourth-order valence-corrected chi connectivity index (χ4v) is 8.59. The van der Waals surface area contributed by atoms with Crippen LogP contribution in [0.5, 0.6) is 5.75 Å². The van der Waals surface area contributed by atoms with E-state index in [-0.39, 0.29) is 24.2 Å². The third-order valence-electron chi connectivity index (χ3n) is 9.57. The first-order valence-electron chi connectivity index (χ1n) is 15.7. The Morgan fingerprint density at radius 3 is 2.61 bits per heavy atom. The van der Waals surface area contributed by atoms with Crippen molar-refractivity contribution in [2.75, 3.05) is 12.4 Å². The number of aryl methyl sites for hydroxylation is 2. The summed E-state index contributed by atoms with van der Waals surface area (Å²) in [6, 6.07) is 6.01. The first-order valence-corrected chi connectivity index (χ1v) is 16.6. The normalized spacial score (nSPS) is 26.7. The number of amides is 1. The number of ether oxygens (including phenoxy) is 2. The van der Waals surface area contributed by atoms with Gasteiger partial charge in [-0.05, 0) is 113 Å². The van der Waals surface area contributed by atoms with Crippen LogP contribution in [0.1, 0.15) is 101 Å². The van der Waals surface area contributed by atoms with Gasteiger partial charge < -0.3 is 19.6 Å². The number of carbonyl (C=O) groups excluding carboxylic acids is 3. The summed E-state index contributed by atoms with van der Waals surface area (Å²) in [7, 11) is 1.62. The van der Waals surface area contributed by atoms with E-state index in [1.807, 2.05) is 19.1 Å². The molecule has 2 fully saturated rings. The summed E-state index contributed by atoms with van der Waals surface area (Å²) >= 11 is 1.49. The number of hydrogen-bond acceptors (Lipinski definition) is 9. The SMILES string of the molecule is CO/N=C1\C[C@@H](CCC(=O)Nc2ncc(C)s2)C2C3CCc4cc(OC(=O)CCC(=O)OC(C)(C)C)ccc4C3CC[C@]12C. The minimum atomic E-state index is -0.583. The maximum atomic E-state index is 12.9. The summed E-state index contributed by atoms with van der Waals surface area (Å²) < 4.78 is 10.9. The summed E-state index contributed by atoms with van der Waals surface area (Å²) in [6.07, 6.45) is 7.86. The summed E-state index contributed by atoms with van der Waals surface area (Å²) in [4.78, 5) is 48.0. The van der Waals surface area contributed by atoms with Crippen molar-refractivity contribution in [2.45, 2.75) is 104 Å². The van der Waals surface area contributed by atoms with Crippen LogP contribution in [0, 0.1) is 30.1 Å². The van der Waals surface area contributed by atoms with E-state index in [1.54, 1.807) is 34.1 Å². The number of carbonyl (C=O) groups is 3. The van der Waals surface area contributed by atoms with Gasteiger partial charge in [-0.15, -0.1) is 11.3 Å². The highest BCUT2D eigenvalue weighted by Gasteiger charge is 2.57. The zero-order valence-corrected chi connectivity index (χ0v) is 27.6. The van der Waals surface area contributed by atoms with E-state index in [2.05, 4.69) is 28.4 Å². The van der Waals surface area contributed by atoms with Gasteiger partial charge in [-0.3, -0.25) is 14.4 Å². The van der Waals surface area contributed by atoms with Crippen LogP contribution < -0.4 is 10.1 Å². The van der Waals surface area contributed by atoms with E-state index in [4.69, 9.17) is 14.3 Å². The molecular formula is C34H45N3O6S. The second kappa shape index (κ2) is 13.0. The standard InChI is InChI=1S/C34H45N3O6S/c1-20-19-35-32(44-20)36-28(38)12-8-22-18-27(37-41-6)34(5)16-15-25-24-11-9-23(17-21(24)7-10-26(25)31(22)34)42-29(39)13-14-30(40)43-33(2,3)4/h9,11,17,19,22,25-26,31H,7-8,10,12-16,18H2,1-6H3,(H,35,36,38)/b37-27+/t22-,25?,26?,31?,34-/m1/s1. The Balaban J connectivity index is 1.26. The maximum Gasteiger partial charge on any atom is 0.311 e. The first-order chi connectivity index (χ1) is 20.9. The Morgan fingerprint density at radius 2 is 1.91 bits per heavy atom. The van der Waals surface area contributed by atoms with Crippen molar-refractivity contribution in [2.24, 2.45) is 28.3 Å². The molecule has 3 aliphatic rings. The lowest BCUT2D eigenvalue weighted by atomic mass is 9.54. The number of thiazole rings is 1. The predicted molar refractivity (Wildman–Crippen MR) is 170 cm³/mol. The minimum absolute atomic E-state index is 0.00713. The first kappa shape index (κ1) is 32.1. The number of hydrogen-bond donors (Lipinski definition) is 1. The number of esters is 2. The van der Waals surface area contributed by atoms with E-state index in [9.17, 15) is 14.4 Å². The number of anilines is 1. The molecule has 3 aliphatic carbocycles. The quantitative estimate of drug-likeness (QED) is 0.182. The van der Waals surface area contributed by atoms with E-state index >= 15 is 0 Å². The third-order valence-corrected chi connectivity index (χ3v) is 10.4. The average Bonchev–Trinajstić information content (AvgIpc) is 3.49. The molecule has 5 rings (SSSR count). The van der Waals surface area contributed by atoms with E-state index in [0.717, 1.165) is 49.1 Å². The number of fused-ring (bicyclic) bond motifs is 5. The van der Waals surface area contributed by atoms with Gasteiger partial charge in [-0.2, -0.15) is 0 Å². The van der Waals surface area contributed by atoms with Gasteiger partial charge in [0, 0.05) is 22.9 Å². The average molecular weight is 624 g/mol. The lowest BCUT2D eigenvalue weighted by Crippen LogP contribution is -2.44. The van der Waals surface area contributed by atoms with Crippen LogP contribution in [0.4, 0.5) is 5.13 Å². The molecule has 5 atom stereocenters. The molecule has 0 bridgehead atoms. The maximum absolute atomic E-state index is 12.9. The predicted octanol–water partition coefficient (Wildman–Crippen LogP) is 6.98. The molecule has 1 amide bonds. The van der Waals surface area contributed by atoms with Crippen molar-refractivity contribution in [3.05, 3.63) is 40.4 Å². The Kier molecular flexibility index (Phi) is 9.49. The van der Waals surface area contributed by atoms with Crippen LogP contribution in [-0.4, -0.2) is 41.3 Å². The van der Waals surface area contributed by atoms with Gasteiger partial charge in [0.1, 0.15) is 18.5 Å². The van der Waals surface area contributed by atoms with Gasteiger partial charge in [-0.25, -0.2) is 4.98 Å². The second-order valence-electron chi connectivity index (χ2n) is 13.8. The number of oxime groups is 1. The highest BCUT2D eigenvalue weighted by molar-refractivity contribution is 7.15. The lowest BCUT2D eigenvalue weighted by Gasteiger charge is -2.50. The molecule has 10 heteroatoms. The third kappa shape index (κ3) is 7.16. The van der Waals surface area contributed by atoms with Gasteiger partial charge >= 0.3 is 11.9 Å². The van der Waals surface area contributed by atoms with Crippen LogP contribution >= 0.6 is 11.3 Å². The van der Waals surface area contributed by atoms with Gasteiger partial charge in [0.15, 0.2) is 5.13 Å². The number of rotatable bonds is 9. The monoisotopic (exact) mass is 623 g/mol. The summed E-state index contributed by atoms with van der Waals surface area (Å²) in [5.41, 5.74) is 3.06. The number of aromatic nitrogens is 1. The molecule has 2 aromatic rings. The molecule has 2 saturated carbocycles. The smallest absolute Gasteiger partial charge is 0.311 e. The Labute approximate surface area is 264 Å². The van der Waals surface area contributed by atoms with Crippen LogP contribution in [-0.2, 0) is 30.4 Å². The number of benzene rings is 1. The fourth-order valence-electron chi connectivity index (χ4n) is 7.91. The van der Waals surface area contributed by atoms with Crippen LogP contribution in [0.2, 0.25) is 0 Å². The summed E-state index contributed by atoms with van der Waals surface area (Å²) in [6.45, 7) is 9.73. The molecule has 0 radical (unpaired) electrons. The van der Waals surface area contributed by atoms with Gasteiger partial charge in [-0.1, -0.05) is 18.1 Å². The van der Waals surface area contributed by atoms with Gasteiger partial charge in [0.25, 0.3) is 0 Å². The molecular weight excluding hydrogens is 578 g/mol. The van der Waals surface area contributed by atoms with Crippen molar-refractivity contribution < 1.29 is 28.7 Å². The zero-order valence-electron chi connectivity index (χ0n) is 26.7. The highest BCUT2D eigenvalue weighted by atomic mass is 32.1. The Morgan fingerprint density at radius 1 is 1.14 bits per heavy atom. The van der Waals surface area contributed by atoms with Crippen molar-refractivity contribution in [3.8, 4) is 5.75 Å². The second-order valence-corrected chi connectivity index (χ2v) is 15.0. The van der Waals surface area contributed by atoms with Crippen molar-refractivity contribution in [1.29, 1.82) is 0 Å². The van der Waals surface area contributed by atoms with Crippen LogP contribution in [0.15, 0.2) is 29.6 Å². The van der Waals surface area contributed by atoms with Crippen LogP contribution in [0.3, 0.4) is 0 Å². The minimum Gasteiger partial charge on any atom is -0.460 e. The summed E-state index contributed by atoms with van der Waals surface area (Å²) in [5.74, 6) is 1.31. The molecule has 1 N–H and O–H groups in total. The lowest BCUT2D eigenvalue weighted by molar-refractivity contribution is -0.156. The van der Waals surface area contributed by atoms with Gasteiger partial charge in [0.05, 0.1) is 18.6 Å². The van der Waals surface area contributed by atoms with E-state index in [0.29, 0.717) is 41.0 Å². The van der Waals surface area contributed by atoms with Crippen molar-refractivity contribution in [1.82, 2.24) is 4.98 Å². The molecule has 1 heterocycles. The van der Waals surface area contributed by atoms with Gasteiger partial charge in [0.2, 0.25) is 5.91 Å². The molecule has 44 heavy (non-hydrogen) atoms. The molecule has 0 aliphatic heterocycles. The topological polar surface area (TPSA) is 116 Å². The molecule has 238 valence electrons. The molecule has 9 nitrogen and oxygen atoms in total. The molecule has 1 aromatic heterocycles. The van der Waals surface area contributed by atoms with Crippen molar-refractivity contribution >= 4 is 40.0 Å². The number of nitrogens with zero attached hydrogens (tertiary/aromatic N) is 2. The fraction of sp³-hybridized carbons (Fsp3) is 0.618. The molecule has 3 unspecified atom stereocenters. The number of nitrogens with one attached hydrogen (secondary N) is 1. The van der Waals surface area contributed by atoms with E-state index < -0.39 is 17.5 Å². The van der Waals surface area contributed by atoms with E-state index in [1.165, 1.54) is 22.5 Å². The van der Waals surface area contributed by atoms with Crippen molar-refractivity contribution in [3.63, 3.8) is 0 Å². The molecule has 0 saturated heterocycles. The van der Waals surface area contributed by atoms with Crippen LogP contribution in [0.25, 0.3) is 0 Å². The largest absolute Gasteiger partial charge is 0.460 e. The molecule has 1 aromatic carbocycles. The highest BCUT2D eigenvalue weighted by Crippen LogP contribution is 2.62. The Bertz CT molecular complexity index is 1430.